The van der Waals surface area contributed by atoms with Crippen LogP contribution >= 0.6 is 0 Å². The number of carbonyl (C=O) groups excluding carboxylic acids is 2. The van der Waals surface area contributed by atoms with E-state index in [1.807, 2.05) is 12.1 Å². The van der Waals surface area contributed by atoms with Crippen LogP contribution in [0.2, 0.25) is 0 Å². The number of rotatable bonds is 4. The fourth-order valence-corrected chi connectivity index (χ4v) is 1.38. The minimum absolute atomic E-state index is 0.290. The highest BCUT2D eigenvalue weighted by atomic mass is 16.6. The summed E-state index contributed by atoms with van der Waals surface area (Å²) in [6.45, 7) is 7.20. The molecular weight excluding hydrogens is 258 g/mol. The van der Waals surface area contributed by atoms with E-state index in [2.05, 4.69) is 15.6 Å². The monoisotopic (exact) mass is 279 g/mol. The van der Waals surface area contributed by atoms with E-state index >= 15 is 0 Å². The number of carbonyl (C=O) groups is 2. The van der Waals surface area contributed by atoms with Crippen molar-refractivity contribution >= 4 is 12.0 Å². The van der Waals surface area contributed by atoms with Crippen LogP contribution in [0.1, 0.15) is 33.4 Å². The molecule has 2 N–H and O–H groups in total. The summed E-state index contributed by atoms with van der Waals surface area (Å²) in [5.74, 6) is -0.290. The average Bonchev–Trinajstić information content (AvgIpc) is 2.34. The Morgan fingerprint density at radius 2 is 2.05 bits per heavy atom. The highest BCUT2D eigenvalue weighted by Gasteiger charge is 2.20. The molecule has 0 aromatic carbocycles. The largest absolute Gasteiger partial charge is 0.444 e. The predicted octanol–water partition coefficient (Wildman–Crippen LogP) is 1.61. The fourth-order valence-electron chi connectivity index (χ4n) is 1.38. The van der Waals surface area contributed by atoms with Crippen LogP contribution in [0.25, 0.3) is 0 Å². The molecule has 0 saturated heterocycles. The Balaban J connectivity index is 2.38. The third-order valence-corrected chi connectivity index (χ3v) is 2.30. The SMILES string of the molecule is CC(NC(=O)OC(C)(C)C)C(=O)NCc1ccccn1. The van der Waals surface area contributed by atoms with Gasteiger partial charge < -0.3 is 15.4 Å². The van der Waals surface area contributed by atoms with E-state index in [1.54, 1.807) is 40.0 Å². The summed E-state index contributed by atoms with van der Waals surface area (Å²) in [5.41, 5.74) is 0.166. The lowest BCUT2D eigenvalue weighted by molar-refractivity contribution is -0.123. The Kier molecular flexibility index (Phi) is 5.49. The van der Waals surface area contributed by atoms with Crippen LogP contribution < -0.4 is 10.6 Å². The van der Waals surface area contributed by atoms with Crippen LogP contribution in [0.3, 0.4) is 0 Å². The topological polar surface area (TPSA) is 80.3 Å². The molecular formula is C14H21N3O3. The summed E-state index contributed by atoms with van der Waals surface area (Å²) in [4.78, 5) is 27.4. The van der Waals surface area contributed by atoms with Gasteiger partial charge in [-0.15, -0.1) is 0 Å². The molecule has 6 nitrogen and oxygen atoms in total. The second-order valence-electron chi connectivity index (χ2n) is 5.41. The van der Waals surface area contributed by atoms with Gasteiger partial charge >= 0.3 is 6.09 Å². The molecule has 6 heteroatoms. The van der Waals surface area contributed by atoms with E-state index in [0.29, 0.717) is 6.54 Å². The first kappa shape index (κ1) is 15.9. The Labute approximate surface area is 118 Å². The summed E-state index contributed by atoms with van der Waals surface area (Å²) >= 11 is 0. The Hall–Kier alpha value is -2.11. The molecule has 1 rings (SSSR count). The van der Waals surface area contributed by atoms with Crippen LogP contribution in [0.4, 0.5) is 4.79 Å². The van der Waals surface area contributed by atoms with Gasteiger partial charge in [0.05, 0.1) is 12.2 Å². The predicted molar refractivity (Wildman–Crippen MR) is 74.9 cm³/mol. The zero-order chi connectivity index (χ0) is 15.2. The maximum atomic E-state index is 11.8. The summed E-state index contributed by atoms with van der Waals surface area (Å²) < 4.78 is 5.08. The molecule has 1 heterocycles. The van der Waals surface area contributed by atoms with Crippen molar-refractivity contribution < 1.29 is 14.3 Å². The second kappa shape index (κ2) is 6.88. The van der Waals surface area contributed by atoms with Gasteiger partial charge in [-0.3, -0.25) is 9.78 Å². The number of ether oxygens (including phenoxy) is 1. The van der Waals surface area contributed by atoms with E-state index in [0.717, 1.165) is 5.69 Å². The van der Waals surface area contributed by atoms with Crippen molar-refractivity contribution in [3.63, 3.8) is 0 Å². The molecule has 0 aliphatic carbocycles. The highest BCUT2D eigenvalue weighted by molar-refractivity contribution is 5.85. The number of amides is 2. The van der Waals surface area contributed by atoms with Crippen molar-refractivity contribution in [1.29, 1.82) is 0 Å². The molecule has 2 amide bonds. The third kappa shape index (κ3) is 6.17. The molecule has 0 bridgehead atoms. The zero-order valence-corrected chi connectivity index (χ0v) is 12.3. The fraction of sp³-hybridized carbons (Fsp3) is 0.500. The molecule has 1 aromatic rings. The van der Waals surface area contributed by atoms with Crippen LogP contribution in [-0.2, 0) is 16.1 Å². The summed E-state index contributed by atoms with van der Waals surface area (Å²) in [6, 6.07) is 4.79. The number of alkyl carbamates (subject to hydrolysis) is 1. The number of hydrogen-bond acceptors (Lipinski definition) is 4. The van der Waals surface area contributed by atoms with Crippen LogP contribution in [0.5, 0.6) is 0 Å². The van der Waals surface area contributed by atoms with Gasteiger partial charge in [0, 0.05) is 6.20 Å². The molecule has 0 radical (unpaired) electrons. The first-order valence-corrected chi connectivity index (χ1v) is 6.45. The smallest absolute Gasteiger partial charge is 0.408 e. The average molecular weight is 279 g/mol. The summed E-state index contributed by atoms with van der Waals surface area (Å²) in [5, 5.41) is 5.17. The number of aromatic nitrogens is 1. The van der Waals surface area contributed by atoms with E-state index in [4.69, 9.17) is 4.74 Å². The lowest BCUT2D eigenvalue weighted by atomic mass is 10.2. The molecule has 0 aliphatic heterocycles. The van der Waals surface area contributed by atoms with Gasteiger partial charge in [0.1, 0.15) is 11.6 Å². The molecule has 20 heavy (non-hydrogen) atoms. The summed E-state index contributed by atoms with van der Waals surface area (Å²) in [7, 11) is 0. The molecule has 1 atom stereocenters. The number of pyridine rings is 1. The molecule has 0 aliphatic rings. The lowest BCUT2D eigenvalue weighted by Crippen LogP contribution is -2.46. The normalized spacial score (nSPS) is 12.4. The van der Waals surface area contributed by atoms with E-state index in [1.165, 1.54) is 0 Å². The minimum Gasteiger partial charge on any atom is -0.444 e. The van der Waals surface area contributed by atoms with E-state index in [-0.39, 0.29) is 5.91 Å². The van der Waals surface area contributed by atoms with Gasteiger partial charge in [-0.25, -0.2) is 4.79 Å². The van der Waals surface area contributed by atoms with Gasteiger partial charge in [0.25, 0.3) is 0 Å². The quantitative estimate of drug-likeness (QED) is 0.877. The molecule has 0 fully saturated rings. The van der Waals surface area contributed by atoms with Crippen LogP contribution in [0.15, 0.2) is 24.4 Å². The maximum Gasteiger partial charge on any atom is 0.408 e. The van der Waals surface area contributed by atoms with Crippen molar-refractivity contribution in [2.45, 2.75) is 45.9 Å². The standard InChI is InChI=1S/C14H21N3O3/c1-10(17-13(19)20-14(2,3)4)12(18)16-9-11-7-5-6-8-15-11/h5-8,10H,9H2,1-4H3,(H,16,18)(H,17,19). The van der Waals surface area contributed by atoms with Crippen molar-refractivity contribution in [3.8, 4) is 0 Å². The molecule has 110 valence electrons. The first-order chi connectivity index (χ1) is 9.28. The highest BCUT2D eigenvalue weighted by Crippen LogP contribution is 2.06. The van der Waals surface area contributed by atoms with Crippen LogP contribution in [-0.4, -0.2) is 28.6 Å². The second-order valence-corrected chi connectivity index (χ2v) is 5.41. The Morgan fingerprint density at radius 3 is 2.60 bits per heavy atom. The van der Waals surface area contributed by atoms with E-state index < -0.39 is 17.7 Å². The summed E-state index contributed by atoms with van der Waals surface area (Å²) in [6.07, 6.45) is 1.04. The van der Waals surface area contributed by atoms with Crippen molar-refractivity contribution in [1.82, 2.24) is 15.6 Å². The number of nitrogens with zero attached hydrogens (tertiary/aromatic N) is 1. The third-order valence-electron chi connectivity index (χ3n) is 2.30. The molecule has 1 aromatic heterocycles. The number of hydrogen-bond donors (Lipinski definition) is 2. The van der Waals surface area contributed by atoms with Gasteiger partial charge in [-0.1, -0.05) is 6.07 Å². The Bertz CT molecular complexity index is 454. The van der Waals surface area contributed by atoms with Crippen molar-refractivity contribution in [3.05, 3.63) is 30.1 Å². The molecule has 0 saturated carbocycles. The molecule has 1 unspecified atom stereocenters. The van der Waals surface area contributed by atoms with E-state index in [9.17, 15) is 9.59 Å². The lowest BCUT2D eigenvalue weighted by Gasteiger charge is -2.21. The van der Waals surface area contributed by atoms with Crippen molar-refractivity contribution in [2.75, 3.05) is 0 Å². The van der Waals surface area contributed by atoms with Gasteiger partial charge in [-0.2, -0.15) is 0 Å². The van der Waals surface area contributed by atoms with Gasteiger partial charge in [-0.05, 0) is 39.8 Å². The molecule has 0 spiro atoms. The zero-order valence-electron chi connectivity index (χ0n) is 12.3. The first-order valence-electron chi connectivity index (χ1n) is 6.45. The Morgan fingerprint density at radius 1 is 1.35 bits per heavy atom. The van der Waals surface area contributed by atoms with Crippen molar-refractivity contribution in [2.24, 2.45) is 0 Å². The van der Waals surface area contributed by atoms with Gasteiger partial charge in [0.2, 0.25) is 5.91 Å². The van der Waals surface area contributed by atoms with Crippen LogP contribution in [0, 0.1) is 0 Å². The minimum atomic E-state index is -0.673. The maximum absolute atomic E-state index is 11.8. The number of nitrogens with one attached hydrogen (secondary N) is 2. The van der Waals surface area contributed by atoms with Gasteiger partial charge in [0.15, 0.2) is 0 Å².